The predicted molar refractivity (Wildman–Crippen MR) is 102 cm³/mol. The van der Waals surface area contributed by atoms with Crippen LogP contribution in [-0.2, 0) is 4.79 Å². The highest BCUT2D eigenvalue weighted by atomic mass is 19.1. The number of anilines is 2. The van der Waals surface area contributed by atoms with Crippen LogP contribution < -0.4 is 15.5 Å². The van der Waals surface area contributed by atoms with Gasteiger partial charge in [-0.2, -0.15) is 0 Å². The van der Waals surface area contributed by atoms with Gasteiger partial charge in [0, 0.05) is 19.6 Å². The van der Waals surface area contributed by atoms with Gasteiger partial charge >= 0.3 is 0 Å². The molecule has 1 unspecified atom stereocenters. The first-order chi connectivity index (χ1) is 13.1. The Kier molecular flexibility index (Phi) is 6.01. The number of halogens is 1. The van der Waals surface area contributed by atoms with Gasteiger partial charge in [0.15, 0.2) is 0 Å². The molecule has 3 rings (SSSR count). The Morgan fingerprint density at radius 3 is 2.78 bits per heavy atom. The molecule has 1 fully saturated rings. The number of benzene rings is 1. The van der Waals surface area contributed by atoms with Gasteiger partial charge in [0.2, 0.25) is 5.91 Å². The normalized spacial score (nSPS) is 16.7. The number of hydrogen-bond acceptors (Lipinski definition) is 4. The molecule has 1 aromatic carbocycles. The molecule has 2 amide bonds. The number of nitrogens with zero attached hydrogens (tertiary/aromatic N) is 2. The number of pyridine rings is 1. The molecule has 1 aromatic heterocycles. The first-order valence-corrected chi connectivity index (χ1v) is 9.13. The van der Waals surface area contributed by atoms with Crippen LogP contribution in [-0.4, -0.2) is 36.4 Å². The Morgan fingerprint density at radius 2 is 2.07 bits per heavy atom. The van der Waals surface area contributed by atoms with E-state index in [1.165, 1.54) is 18.2 Å². The van der Waals surface area contributed by atoms with Gasteiger partial charge < -0.3 is 15.5 Å². The van der Waals surface area contributed by atoms with E-state index in [2.05, 4.69) is 20.5 Å². The van der Waals surface area contributed by atoms with Gasteiger partial charge in [0.25, 0.3) is 5.91 Å². The SMILES string of the molecule is CCNC(=O)C1CCCN(c2ccc(NC(=O)c3ccccc3F)cn2)C1. The van der Waals surface area contributed by atoms with Crippen LogP contribution in [0.1, 0.15) is 30.1 Å². The lowest BCUT2D eigenvalue weighted by atomic mass is 9.97. The minimum atomic E-state index is -0.565. The van der Waals surface area contributed by atoms with E-state index >= 15 is 0 Å². The molecule has 0 saturated carbocycles. The quantitative estimate of drug-likeness (QED) is 0.849. The maximum atomic E-state index is 13.7. The molecule has 2 aromatic rings. The Balaban J connectivity index is 1.64. The monoisotopic (exact) mass is 370 g/mol. The standard InChI is InChI=1S/C20H23FN4O2/c1-2-22-19(26)14-6-5-11-25(13-14)18-10-9-15(12-23-18)24-20(27)16-7-3-4-8-17(16)21/h3-4,7-10,12,14H,2,5-6,11,13H2,1H3,(H,22,26)(H,24,27). The molecule has 2 N–H and O–H groups in total. The molecular weight excluding hydrogens is 347 g/mol. The van der Waals surface area contributed by atoms with E-state index in [0.29, 0.717) is 18.8 Å². The zero-order valence-corrected chi connectivity index (χ0v) is 15.2. The number of carbonyl (C=O) groups is 2. The zero-order chi connectivity index (χ0) is 19.2. The molecule has 6 nitrogen and oxygen atoms in total. The second-order valence-electron chi connectivity index (χ2n) is 6.52. The lowest BCUT2D eigenvalue weighted by Gasteiger charge is -2.32. The Morgan fingerprint density at radius 1 is 1.26 bits per heavy atom. The van der Waals surface area contributed by atoms with Crippen molar-refractivity contribution in [3.05, 3.63) is 54.0 Å². The summed E-state index contributed by atoms with van der Waals surface area (Å²) in [5.41, 5.74) is 0.478. The Labute approximate surface area is 157 Å². The second-order valence-corrected chi connectivity index (χ2v) is 6.52. The minimum Gasteiger partial charge on any atom is -0.356 e. The number of rotatable bonds is 5. The lowest BCUT2D eigenvalue weighted by Crippen LogP contribution is -2.43. The summed E-state index contributed by atoms with van der Waals surface area (Å²) in [5.74, 6) is -0.286. The molecule has 0 bridgehead atoms. The minimum absolute atomic E-state index is 0.0117. The fraction of sp³-hybridized carbons (Fsp3) is 0.350. The molecule has 0 aliphatic carbocycles. The van der Waals surface area contributed by atoms with Gasteiger partial charge in [-0.1, -0.05) is 12.1 Å². The smallest absolute Gasteiger partial charge is 0.258 e. The highest BCUT2D eigenvalue weighted by Gasteiger charge is 2.26. The summed E-state index contributed by atoms with van der Waals surface area (Å²) in [7, 11) is 0. The van der Waals surface area contributed by atoms with Crippen molar-refractivity contribution in [2.24, 2.45) is 5.92 Å². The van der Waals surface area contributed by atoms with Gasteiger partial charge in [-0.3, -0.25) is 9.59 Å². The van der Waals surface area contributed by atoms with E-state index in [4.69, 9.17) is 0 Å². The molecule has 0 radical (unpaired) electrons. The number of carbonyl (C=O) groups excluding carboxylic acids is 2. The van der Waals surface area contributed by atoms with E-state index in [9.17, 15) is 14.0 Å². The first-order valence-electron chi connectivity index (χ1n) is 9.13. The van der Waals surface area contributed by atoms with Crippen LogP contribution in [0, 0.1) is 11.7 Å². The summed E-state index contributed by atoms with van der Waals surface area (Å²) in [6, 6.07) is 9.36. The number of amides is 2. The van der Waals surface area contributed by atoms with E-state index < -0.39 is 11.7 Å². The van der Waals surface area contributed by atoms with Gasteiger partial charge in [-0.25, -0.2) is 9.37 Å². The largest absolute Gasteiger partial charge is 0.356 e. The number of nitrogens with one attached hydrogen (secondary N) is 2. The Bertz CT molecular complexity index is 810. The Hall–Kier alpha value is -2.96. The van der Waals surface area contributed by atoms with E-state index in [1.54, 1.807) is 24.4 Å². The van der Waals surface area contributed by atoms with Crippen LogP contribution in [0.15, 0.2) is 42.6 Å². The summed E-state index contributed by atoms with van der Waals surface area (Å²) >= 11 is 0. The maximum absolute atomic E-state index is 13.7. The van der Waals surface area contributed by atoms with Crippen LogP contribution in [0.2, 0.25) is 0 Å². The van der Waals surface area contributed by atoms with Crippen molar-refractivity contribution in [1.29, 1.82) is 0 Å². The van der Waals surface area contributed by atoms with Crippen molar-refractivity contribution in [3.8, 4) is 0 Å². The maximum Gasteiger partial charge on any atom is 0.258 e. The average Bonchev–Trinajstić information content (AvgIpc) is 2.69. The van der Waals surface area contributed by atoms with Crippen LogP contribution in [0.3, 0.4) is 0 Å². The highest BCUT2D eigenvalue weighted by molar-refractivity contribution is 6.04. The molecule has 27 heavy (non-hydrogen) atoms. The van der Waals surface area contributed by atoms with Crippen LogP contribution in [0.5, 0.6) is 0 Å². The first kappa shape index (κ1) is 18.8. The number of piperidine rings is 1. The molecule has 142 valence electrons. The summed E-state index contributed by atoms with van der Waals surface area (Å²) in [6.45, 7) is 4.00. The van der Waals surface area contributed by atoms with Crippen LogP contribution >= 0.6 is 0 Å². The third kappa shape index (κ3) is 4.61. The molecule has 2 heterocycles. The van der Waals surface area contributed by atoms with Crippen molar-refractivity contribution in [3.63, 3.8) is 0 Å². The summed E-state index contributed by atoms with van der Waals surface area (Å²) < 4.78 is 13.7. The third-order valence-electron chi connectivity index (χ3n) is 4.59. The molecule has 7 heteroatoms. The zero-order valence-electron chi connectivity index (χ0n) is 15.2. The summed E-state index contributed by atoms with van der Waals surface area (Å²) in [4.78, 5) is 30.7. The third-order valence-corrected chi connectivity index (χ3v) is 4.59. The van der Waals surface area contributed by atoms with E-state index in [1.807, 2.05) is 6.92 Å². The van der Waals surface area contributed by atoms with Crippen LogP contribution in [0.25, 0.3) is 0 Å². The topological polar surface area (TPSA) is 74.3 Å². The summed E-state index contributed by atoms with van der Waals surface area (Å²) in [6.07, 6.45) is 3.35. The van der Waals surface area contributed by atoms with Gasteiger partial charge in [-0.15, -0.1) is 0 Å². The van der Waals surface area contributed by atoms with Crippen molar-refractivity contribution in [2.45, 2.75) is 19.8 Å². The van der Waals surface area contributed by atoms with Crippen molar-refractivity contribution in [1.82, 2.24) is 10.3 Å². The van der Waals surface area contributed by atoms with Crippen molar-refractivity contribution < 1.29 is 14.0 Å². The molecule has 1 aliphatic rings. The average molecular weight is 370 g/mol. The highest BCUT2D eigenvalue weighted by Crippen LogP contribution is 2.23. The molecular formula is C20H23FN4O2. The second kappa shape index (κ2) is 8.62. The van der Waals surface area contributed by atoms with Gasteiger partial charge in [-0.05, 0) is 44.0 Å². The molecule has 1 atom stereocenters. The number of hydrogen-bond donors (Lipinski definition) is 2. The van der Waals surface area contributed by atoms with E-state index in [0.717, 1.165) is 25.2 Å². The van der Waals surface area contributed by atoms with Gasteiger partial charge in [0.05, 0.1) is 23.4 Å². The van der Waals surface area contributed by atoms with E-state index in [-0.39, 0.29) is 17.4 Å². The van der Waals surface area contributed by atoms with Gasteiger partial charge in [0.1, 0.15) is 11.6 Å². The fourth-order valence-electron chi connectivity index (χ4n) is 3.21. The number of aromatic nitrogens is 1. The fourth-order valence-corrected chi connectivity index (χ4v) is 3.21. The van der Waals surface area contributed by atoms with Crippen LogP contribution in [0.4, 0.5) is 15.9 Å². The molecule has 1 saturated heterocycles. The molecule has 0 spiro atoms. The molecule has 1 aliphatic heterocycles. The lowest BCUT2D eigenvalue weighted by molar-refractivity contribution is -0.125. The summed E-state index contributed by atoms with van der Waals surface area (Å²) in [5, 5.41) is 5.52. The van der Waals surface area contributed by atoms with Crippen molar-refractivity contribution >= 4 is 23.3 Å². The predicted octanol–water partition coefficient (Wildman–Crippen LogP) is 2.83. The van der Waals surface area contributed by atoms with Crippen molar-refractivity contribution in [2.75, 3.05) is 29.9 Å².